The maximum absolute atomic E-state index is 13.1. The normalized spacial score (nSPS) is 42.3. The second-order valence-corrected chi connectivity index (χ2v) is 5.89. The van der Waals surface area contributed by atoms with Gasteiger partial charge in [0, 0.05) is 0 Å². The molecule has 0 bridgehead atoms. The number of hydrogen-bond acceptors (Lipinski definition) is 0. The lowest BCUT2D eigenvalue weighted by Gasteiger charge is -2.33. The molecular weight excluding hydrogens is 198 g/mol. The van der Waals surface area contributed by atoms with E-state index in [0.29, 0.717) is 5.82 Å². The predicted molar refractivity (Wildman–Crippen MR) is 67.6 cm³/mol. The van der Waals surface area contributed by atoms with Crippen LogP contribution in [-0.2, 0) is 0 Å². The van der Waals surface area contributed by atoms with E-state index in [1.807, 2.05) is 0 Å². The molecule has 0 nitrogen and oxygen atoms in total. The van der Waals surface area contributed by atoms with E-state index in [1.54, 1.807) is 0 Å². The Bertz CT molecular complexity index is 189. The van der Waals surface area contributed by atoms with Crippen LogP contribution in [0.2, 0.25) is 5.82 Å². The fourth-order valence-corrected chi connectivity index (χ4v) is 3.59. The van der Waals surface area contributed by atoms with E-state index in [-0.39, 0.29) is 0 Å². The van der Waals surface area contributed by atoms with Crippen LogP contribution in [-0.4, -0.2) is 14.0 Å². The highest BCUT2D eigenvalue weighted by Gasteiger charge is 2.27. The van der Waals surface area contributed by atoms with E-state index >= 15 is 0 Å². The summed E-state index contributed by atoms with van der Waals surface area (Å²) in [6.45, 7) is 0. The van der Waals surface area contributed by atoms with Crippen molar-refractivity contribution in [3.63, 3.8) is 0 Å². The zero-order chi connectivity index (χ0) is 11.4. The standard InChI is InChI=1S/C14H24BF/c15-13-5-1-3-11(4-2-6-13)12-7-9-14(16)10-8-12/h11-14H,1-10H2. The molecular formula is C14H24BF. The van der Waals surface area contributed by atoms with Crippen molar-refractivity contribution in [1.29, 1.82) is 0 Å². The molecule has 2 saturated carbocycles. The molecule has 2 rings (SSSR count). The lowest BCUT2D eigenvalue weighted by molar-refractivity contribution is 0.149. The van der Waals surface area contributed by atoms with E-state index in [9.17, 15) is 4.39 Å². The van der Waals surface area contributed by atoms with E-state index in [0.717, 1.165) is 37.5 Å². The Morgan fingerprint density at radius 3 is 1.75 bits per heavy atom. The Morgan fingerprint density at radius 2 is 1.19 bits per heavy atom. The van der Waals surface area contributed by atoms with Crippen molar-refractivity contribution in [1.82, 2.24) is 0 Å². The summed E-state index contributed by atoms with van der Waals surface area (Å²) in [5.41, 5.74) is 0. The third-order valence-electron chi connectivity index (χ3n) is 4.67. The fraction of sp³-hybridized carbons (Fsp3) is 1.00. The van der Waals surface area contributed by atoms with Gasteiger partial charge in [-0.2, -0.15) is 0 Å². The Labute approximate surface area is 101 Å². The monoisotopic (exact) mass is 222 g/mol. The van der Waals surface area contributed by atoms with Crippen molar-refractivity contribution in [2.75, 3.05) is 0 Å². The van der Waals surface area contributed by atoms with Gasteiger partial charge in [-0.3, -0.25) is 0 Å². The van der Waals surface area contributed by atoms with Crippen molar-refractivity contribution in [3.8, 4) is 0 Å². The van der Waals surface area contributed by atoms with Gasteiger partial charge in [0.1, 0.15) is 6.17 Å². The summed E-state index contributed by atoms with van der Waals surface area (Å²) in [4.78, 5) is 0. The van der Waals surface area contributed by atoms with Gasteiger partial charge in [0.15, 0.2) is 0 Å². The average molecular weight is 222 g/mol. The third kappa shape index (κ3) is 3.50. The summed E-state index contributed by atoms with van der Waals surface area (Å²) in [6, 6.07) is 0. The summed E-state index contributed by atoms with van der Waals surface area (Å²) < 4.78 is 13.1. The van der Waals surface area contributed by atoms with Gasteiger partial charge in [0.2, 0.25) is 0 Å². The zero-order valence-electron chi connectivity index (χ0n) is 10.3. The van der Waals surface area contributed by atoms with Crippen LogP contribution in [0.1, 0.15) is 64.2 Å². The largest absolute Gasteiger partial charge is 0.247 e. The average Bonchev–Trinajstić information content (AvgIpc) is 2.25. The molecule has 2 heteroatoms. The summed E-state index contributed by atoms with van der Waals surface area (Å²) in [6.07, 6.45) is 11.1. The Balaban J connectivity index is 1.79. The molecule has 0 spiro atoms. The molecule has 0 N–H and O–H groups in total. The van der Waals surface area contributed by atoms with Gasteiger partial charge in [0.25, 0.3) is 0 Å². The van der Waals surface area contributed by atoms with Crippen molar-refractivity contribution in [2.45, 2.75) is 76.2 Å². The van der Waals surface area contributed by atoms with Crippen molar-refractivity contribution < 1.29 is 4.39 Å². The zero-order valence-corrected chi connectivity index (χ0v) is 10.3. The molecule has 2 aliphatic carbocycles. The van der Waals surface area contributed by atoms with Crippen LogP contribution in [0.15, 0.2) is 0 Å². The van der Waals surface area contributed by atoms with Gasteiger partial charge in [-0.05, 0) is 37.5 Å². The first-order valence-electron chi connectivity index (χ1n) is 7.15. The number of rotatable bonds is 1. The minimum Gasteiger partial charge on any atom is -0.247 e. The topological polar surface area (TPSA) is 0 Å². The lowest BCUT2D eigenvalue weighted by Crippen LogP contribution is -2.23. The summed E-state index contributed by atoms with van der Waals surface area (Å²) in [5.74, 6) is 2.14. The van der Waals surface area contributed by atoms with Crippen molar-refractivity contribution in [2.24, 2.45) is 11.8 Å². The quantitative estimate of drug-likeness (QED) is 0.575. The number of alkyl halides is 1. The van der Waals surface area contributed by atoms with Crippen LogP contribution in [0, 0.1) is 11.8 Å². The molecule has 0 aromatic heterocycles. The summed E-state index contributed by atoms with van der Waals surface area (Å²) >= 11 is 0. The van der Waals surface area contributed by atoms with Gasteiger partial charge in [-0.25, -0.2) is 4.39 Å². The van der Waals surface area contributed by atoms with Crippen molar-refractivity contribution in [3.05, 3.63) is 0 Å². The SMILES string of the molecule is [B]C1CCCC(C2CCC(F)CC2)CCC1. The van der Waals surface area contributed by atoms with Crippen LogP contribution in [0.4, 0.5) is 4.39 Å². The highest BCUT2D eigenvalue weighted by molar-refractivity contribution is 6.11. The van der Waals surface area contributed by atoms with Gasteiger partial charge in [-0.15, -0.1) is 0 Å². The maximum Gasteiger partial charge on any atom is 0.100 e. The number of hydrogen-bond donors (Lipinski definition) is 0. The minimum absolute atomic E-state index is 0.447. The highest BCUT2D eigenvalue weighted by atomic mass is 19.1. The molecule has 2 fully saturated rings. The van der Waals surface area contributed by atoms with Crippen LogP contribution in [0.3, 0.4) is 0 Å². The first-order valence-corrected chi connectivity index (χ1v) is 7.15. The van der Waals surface area contributed by atoms with Crippen LogP contribution in [0.25, 0.3) is 0 Å². The molecule has 0 aromatic rings. The molecule has 2 radical (unpaired) electrons. The second kappa shape index (κ2) is 6.07. The van der Waals surface area contributed by atoms with E-state index in [1.165, 1.54) is 38.5 Å². The first kappa shape index (κ1) is 12.5. The second-order valence-electron chi connectivity index (χ2n) is 5.89. The molecule has 0 heterocycles. The van der Waals surface area contributed by atoms with Gasteiger partial charge in [0.05, 0.1) is 7.85 Å². The predicted octanol–water partition coefficient (Wildman–Crippen LogP) is 4.44. The summed E-state index contributed by atoms with van der Waals surface area (Å²) in [5, 5.41) is 0. The van der Waals surface area contributed by atoms with Gasteiger partial charge in [-0.1, -0.05) is 44.3 Å². The van der Waals surface area contributed by atoms with Crippen LogP contribution >= 0.6 is 0 Å². The van der Waals surface area contributed by atoms with Gasteiger partial charge >= 0.3 is 0 Å². The number of halogens is 1. The van der Waals surface area contributed by atoms with E-state index in [4.69, 9.17) is 7.85 Å². The fourth-order valence-electron chi connectivity index (χ4n) is 3.59. The van der Waals surface area contributed by atoms with Crippen LogP contribution in [0.5, 0.6) is 0 Å². The first-order chi connectivity index (χ1) is 7.75. The highest BCUT2D eigenvalue weighted by Crippen LogP contribution is 2.38. The van der Waals surface area contributed by atoms with E-state index in [2.05, 4.69) is 0 Å². The van der Waals surface area contributed by atoms with Gasteiger partial charge < -0.3 is 0 Å². The molecule has 0 atom stereocenters. The Kier molecular flexibility index (Phi) is 4.72. The molecule has 16 heavy (non-hydrogen) atoms. The third-order valence-corrected chi connectivity index (χ3v) is 4.67. The maximum atomic E-state index is 13.1. The summed E-state index contributed by atoms with van der Waals surface area (Å²) in [7, 11) is 6.00. The van der Waals surface area contributed by atoms with E-state index < -0.39 is 6.17 Å². The molecule has 0 amide bonds. The Hall–Kier alpha value is -0.00506. The molecule has 2 aliphatic rings. The molecule has 0 saturated heterocycles. The molecule has 0 unspecified atom stereocenters. The molecule has 0 aromatic carbocycles. The molecule has 90 valence electrons. The Morgan fingerprint density at radius 1 is 0.688 bits per heavy atom. The lowest BCUT2D eigenvalue weighted by atomic mass is 9.70. The van der Waals surface area contributed by atoms with Crippen molar-refractivity contribution >= 4 is 7.85 Å². The minimum atomic E-state index is -0.502. The smallest absolute Gasteiger partial charge is 0.100 e. The van der Waals surface area contributed by atoms with Crippen LogP contribution < -0.4 is 0 Å². The molecule has 0 aliphatic heterocycles.